The second-order valence-electron chi connectivity index (χ2n) is 4.39. The minimum atomic E-state index is -0.334. The van der Waals surface area contributed by atoms with E-state index in [0.717, 1.165) is 18.0 Å². The first-order valence-corrected chi connectivity index (χ1v) is 5.68. The molecule has 0 spiro atoms. The van der Waals surface area contributed by atoms with E-state index in [4.69, 9.17) is 5.26 Å². The summed E-state index contributed by atoms with van der Waals surface area (Å²) in [6, 6.07) is 6.44. The van der Waals surface area contributed by atoms with Crippen molar-refractivity contribution in [2.45, 2.75) is 25.8 Å². The Morgan fingerprint density at radius 3 is 2.81 bits per heavy atom. The molecule has 1 fully saturated rings. The maximum absolute atomic E-state index is 13.1. The third kappa shape index (κ3) is 2.80. The van der Waals surface area contributed by atoms with E-state index in [9.17, 15) is 4.39 Å². The lowest BCUT2D eigenvalue weighted by Gasteiger charge is -2.25. The zero-order valence-electron chi connectivity index (χ0n) is 9.17. The Bertz CT molecular complexity index is 405. The summed E-state index contributed by atoms with van der Waals surface area (Å²) in [5.74, 6) is 0.462. The molecule has 0 radical (unpaired) electrons. The van der Waals surface area contributed by atoms with Crippen molar-refractivity contribution in [1.82, 2.24) is 5.32 Å². The normalized spacial score (nSPS) is 15.5. The maximum Gasteiger partial charge on any atom is 0.124 e. The van der Waals surface area contributed by atoms with Crippen LogP contribution in [-0.2, 0) is 6.54 Å². The molecule has 1 aliphatic carbocycles. The quantitative estimate of drug-likeness (QED) is 0.843. The van der Waals surface area contributed by atoms with Gasteiger partial charge < -0.3 is 5.32 Å². The van der Waals surface area contributed by atoms with Crippen LogP contribution in [0.2, 0.25) is 0 Å². The molecule has 0 unspecified atom stereocenters. The van der Waals surface area contributed by atoms with Crippen LogP contribution in [0.1, 0.15) is 30.4 Å². The van der Waals surface area contributed by atoms with E-state index < -0.39 is 0 Å². The fourth-order valence-electron chi connectivity index (χ4n) is 1.93. The van der Waals surface area contributed by atoms with Crippen molar-refractivity contribution in [3.05, 3.63) is 35.1 Å². The topological polar surface area (TPSA) is 35.8 Å². The standard InChI is InChI=1S/C13H15FN2/c14-13-5-11(7-15)4-12(6-13)9-16-8-10-2-1-3-10/h4-6,10,16H,1-3,8-9H2. The summed E-state index contributed by atoms with van der Waals surface area (Å²) in [5.41, 5.74) is 1.23. The number of hydrogen-bond acceptors (Lipinski definition) is 2. The molecule has 1 saturated carbocycles. The number of halogens is 1. The first-order chi connectivity index (χ1) is 7.78. The molecule has 0 aliphatic heterocycles. The lowest BCUT2D eigenvalue weighted by Crippen LogP contribution is -2.26. The molecule has 1 aromatic carbocycles. The highest BCUT2D eigenvalue weighted by atomic mass is 19.1. The fraction of sp³-hybridized carbons (Fsp3) is 0.462. The lowest BCUT2D eigenvalue weighted by atomic mass is 9.85. The van der Waals surface area contributed by atoms with Gasteiger partial charge in [-0.25, -0.2) is 4.39 Å². The number of nitrogens with one attached hydrogen (secondary N) is 1. The van der Waals surface area contributed by atoms with Crippen LogP contribution in [0.3, 0.4) is 0 Å². The molecule has 0 atom stereocenters. The summed E-state index contributed by atoms with van der Waals surface area (Å²) in [7, 11) is 0. The third-order valence-electron chi connectivity index (χ3n) is 3.07. The van der Waals surface area contributed by atoms with Crippen LogP contribution in [0.5, 0.6) is 0 Å². The molecule has 1 aromatic rings. The van der Waals surface area contributed by atoms with Crippen LogP contribution < -0.4 is 5.32 Å². The first-order valence-electron chi connectivity index (χ1n) is 5.68. The minimum Gasteiger partial charge on any atom is -0.312 e. The van der Waals surface area contributed by atoms with Crippen LogP contribution in [0, 0.1) is 23.1 Å². The van der Waals surface area contributed by atoms with Gasteiger partial charge in [-0.1, -0.05) is 6.42 Å². The van der Waals surface area contributed by atoms with Gasteiger partial charge in [-0.2, -0.15) is 5.26 Å². The van der Waals surface area contributed by atoms with E-state index in [0.29, 0.717) is 12.1 Å². The molecular weight excluding hydrogens is 203 g/mol. The van der Waals surface area contributed by atoms with Gasteiger partial charge in [0.1, 0.15) is 5.82 Å². The molecule has 2 nitrogen and oxygen atoms in total. The lowest BCUT2D eigenvalue weighted by molar-refractivity contribution is 0.301. The van der Waals surface area contributed by atoms with Crippen LogP contribution in [0.25, 0.3) is 0 Å². The van der Waals surface area contributed by atoms with Gasteiger partial charge in [0, 0.05) is 6.54 Å². The van der Waals surface area contributed by atoms with Gasteiger partial charge in [0.2, 0.25) is 0 Å². The molecule has 3 heteroatoms. The van der Waals surface area contributed by atoms with Crippen LogP contribution in [0.4, 0.5) is 4.39 Å². The minimum absolute atomic E-state index is 0.334. The third-order valence-corrected chi connectivity index (χ3v) is 3.07. The van der Waals surface area contributed by atoms with Gasteiger partial charge in [-0.15, -0.1) is 0 Å². The Labute approximate surface area is 95.1 Å². The fourth-order valence-corrected chi connectivity index (χ4v) is 1.93. The first kappa shape index (κ1) is 11.1. The molecule has 2 rings (SSSR count). The van der Waals surface area contributed by atoms with Crippen molar-refractivity contribution in [2.24, 2.45) is 5.92 Å². The Morgan fingerprint density at radius 1 is 1.38 bits per heavy atom. The van der Waals surface area contributed by atoms with E-state index in [1.54, 1.807) is 6.07 Å². The van der Waals surface area contributed by atoms with Crippen molar-refractivity contribution in [1.29, 1.82) is 5.26 Å². The summed E-state index contributed by atoms with van der Waals surface area (Å²) in [6.45, 7) is 1.64. The molecule has 16 heavy (non-hydrogen) atoms. The van der Waals surface area contributed by atoms with Gasteiger partial charge in [-0.05, 0) is 49.1 Å². The Morgan fingerprint density at radius 2 is 2.19 bits per heavy atom. The molecule has 0 heterocycles. The number of benzene rings is 1. The van der Waals surface area contributed by atoms with Crippen LogP contribution in [-0.4, -0.2) is 6.54 Å². The molecule has 0 amide bonds. The Kier molecular flexibility index (Phi) is 3.53. The number of rotatable bonds is 4. The molecule has 84 valence electrons. The van der Waals surface area contributed by atoms with Crippen molar-refractivity contribution < 1.29 is 4.39 Å². The number of hydrogen-bond donors (Lipinski definition) is 1. The van der Waals surface area contributed by atoms with Crippen molar-refractivity contribution in [3.8, 4) is 6.07 Å². The van der Waals surface area contributed by atoms with Gasteiger partial charge in [0.25, 0.3) is 0 Å². The summed E-state index contributed by atoms with van der Waals surface area (Å²) in [6.07, 6.45) is 3.95. The molecular formula is C13H15FN2. The summed E-state index contributed by atoms with van der Waals surface area (Å²) in [5, 5.41) is 12.0. The number of nitriles is 1. The van der Waals surface area contributed by atoms with Gasteiger partial charge >= 0.3 is 0 Å². The predicted octanol–water partition coefficient (Wildman–Crippen LogP) is 2.59. The molecule has 0 aromatic heterocycles. The van der Waals surface area contributed by atoms with E-state index in [1.807, 2.05) is 6.07 Å². The summed E-state index contributed by atoms with van der Waals surface area (Å²) < 4.78 is 13.1. The second-order valence-corrected chi connectivity index (χ2v) is 4.39. The van der Waals surface area contributed by atoms with E-state index in [1.165, 1.54) is 31.4 Å². The smallest absolute Gasteiger partial charge is 0.124 e. The highest BCUT2D eigenvalue weighted by Gasteiger charge is 2.16. The van der Waals surface area contributed by atoms with Crippen molar-refractivity contribution in [3.63, 3.8) is 0 Å². The van der Waals surface area contributed by atoms with Gasteiger partial charge in [0.15, 0.2) is 0 Å². The SMILES string of the molecule is N#Cc1cc(F)cc(CNCC2CCC2)c1. The molecule has 1 N–H and O–H groups in total. The Balaban J connectivity index is 1.88. The van der Waals surface area contributed by atoms with Crippen molar-refractivity contribution in [2.75, 3.05) is 6.54 Å². The maximum atomic E-state index is 13.1. The van der Waals surface area contributed by atoms with Crippen molar-refractivity contribution >= 4 is 0 Å². The molecule has 0 bridgehead atoms. The van der Waals surface area contributed by atoms with E-state index in [2.05, 4.69) is 5.32 Å². The largest absolute Gasteiger partial charge is 0.312 e. The zero-order chi connectivity index (χ0) is 11.4. The highest BCUT2D eigenvalue weighted by molar-refractivity contribution is 5.33. The predicted molar refractivity (Wildman–Crippen MR) is 60.2 cm³/mol. The monoisotopic (exact) mass is 218 g/mol. The highest BCUT2D eigenvalue weighted by Crippen LogP contribution is 2.25. The average Bonchev–Trinajstić information content (AvgIpc) is 2.21. The average molecular weight is 218 g/mol. The molecule has 1 aliphatic rings. The van der Waals surface area contributed by atoms with Gasteiger partial charge in [0.05, 0.1) is 11.6 Å². The summed E-state index contributed by atoms with van der Waals surface area (Å²) in [4.78, 5) is 0. The van der Waals surface area contributed by atoms with Crippen LogP contribution in [0.15, 0.2) is 18.2 Å². The van der Waals surface area contributed by atoms with Crippen LogP contribution >= 0.6 is 0 Å². The Hall–Kier alpha value is -1.40. The van der Waals surface area contributed by atoms with E-state index >= 15 is 0 Å². The molecule has 0 saturated heterocycles. The number of nitrogens with zero attached hydrogens (tertiary/aromatic N) is 1. The second kappa shape index (κ2) is 5.09. The van der Waals surface area contributed by atoms with E-state index in [-0.39, 0.29) is 5.82 Å². The summed E-state index contributed by atoms with van der Waals surface area (Å²) >= 11 is 0. The zero-order valence-corrected chi connectivity index (χ0v) is 9.17. The van der Waals surface area contributed by atoms with Gasteiger partial charge in [-0.3, -0.25) is 0 Å².